The molecule has 0 aliphatic rings. The van der Waals surface area contributed by atoms with Crippen molar-refractivity contribution in [2.75, 3.05) is 5.32 Å². The van der Waals surface area contributed by atoms with Crippen LogP contribution in [0.25, 0.3) is 0 Å². The first-order valence-electron chi connectivity index (χ1n) is 6.73. The van der Waals surface area contributed by atoms with Gasteiger partial charge in [0.25, 0.3) is 0 Å². The maximum atomic E-state index is 12.1. The van der Waals surface area contributed by atoms with Gasteiger partial charge in [-0.15, -0.1) is 0 Å². The Morgan fingerprint density at radius 1 is 1.14 bits per heavy atom. The smallest absolute Gasteiger partial charge is 0.228 e. The third kappa shape index (κ3) is 3.92. The molecule has 0 aliphatic carbocycles. The number of oxime groups is 1. The second kappa shape index (κ2) is 6.70. The maximum Gasteiger partial charge on any atom is 0.228 e. The predicted octanol–water partition coefficient (Wildman–Crippen LogP) is 3.37. The molecule has 2 aromatic carbocycles. The molecule has 0 fully saturated rings. The van der Waals surface area contributed by atoms with E-state index in [1.54, 1.807) is 19.1 Å². The van der Waals surface area contributed by atoms with E-state index in [1.807, 2.05) is 43.3 Å². The molecule has 4 heteroatoms. The average molecular weight is 282 g/mol. The Hall–Kier alpha value is -2.62. The van der Waals surface area contributed by atoms with E-state index in [2.05, 4.69) is 10.5 Å². The first kappa shape index (κ1) is 14.8. The van der Waals surface area contributed by atoms with Crippen molar-refractivity contribution in [3.63, 3.8) is 0 Å². The molecule has 2 N–H and O–H groups in total. The molecule has 0 heterocycles. The van der Waals surface area contributed by atoms with E-state index in [0.717, 1.165) is 5.56 Å². The average Bonchev–Trinajstić information content (AvgIpc) is 2.49. The van der Waals surface area contributed by atoms with Crippen molar-refractivity contribution >= 4 is 17.3 Å². The van der Waals surface area contributed by atoms with Gasteiger partial charge in [0.05, 0.1) is 12.1 Å². The van der Waals surface area contributed by atoms with Crippen LogP contribution in [0.5, 0.6) is 0 Å². The van der Waals surface area contributed by atoms with Crippen LogP contribution in [-0.2, 0) is 11.2 Å². The molecule has 108 valence electrons. The molecule has 0 radical (unpaired) electrons. The minimum absolute atomic E-state index is 0.1000. The van der Waals surface area contributed by atoms with Gasteiger partial charge in [0.15, 0.2) is 0 Å². The predicted molar refractivity (Wildman–Crippen MR) is 84.0 cm³/mol. The third-order valence-corrected chi connectivity index (χ3v) is 3.23. The van der Waals surface area contributed by atoms with E-state index in [9.17, 15) is 4.79 Å². The van der Waals surface area contributed by atoms with Crippen LogP contribution in [0.4, 0.5) is 5.69 Å². The lowest BCUT2D eigenvalue weighted by Gasteiger charge is -2.10. The van der Waals surface area contributed by atoms with E-state index < -0.39 is 0 Å². The number of nitrogens with zero attached hydrogens (tertiary/aromatic N) is 1. The van der Waals surface area contributed by atoms with Gasteiger partial charge in [0.1, 0.15) is 0 Å². The molecule has 2 aromatic rings. The van der Waals surface area contributed by atoms with Crippen LogP contribution in [0, 0.1) is 6.92 Å². The number of anilines is 1. The molecule has 0 bridgehead atoms. The third-order valence-electron chi connectivity index (χ3n) is 3.23. The lowest BCUT2D eigenvalue weighted by molar-refractivity contribution is -0.115. The Morgan fingerprint density at radius 3 is 2.48 bits per heavy atom. The summed E-state index contributed by atoms with van der Waals surface area (Å²) in [6, 6.07) is 15.1. The number of aryl methyl sites for hydroxylation is 1. The molecule has 0 aromatic heterocycles. The Bertz CT molecular complexity index is 661. The van der Waals surface area contributed by atoms with Gasteiger partial charge >= 0.3 is 0 Å². The number of amides is 1. The topological polar surface area (TPSA) is 61.7 Å². The summed E-state index contributed by atoms with van der Waals surface area (Å²) < 4.78 is 0. The molecule has 2 rings (SSSR count). The number of nitrogens with one attached hydrogen (secondary N) is 1. The van der Waals surface area contributed by atoms with Crippen molar-refractivity contribution in [3.05, 3.63) is 65.2 Å². The first-order valence-corrected chi connectivity index (χ1v) is 6.73. The largest absolute Gasteiger partial charge is 0.411 e. The van der Waals surface area contributed by atoms with Crippen LogP contribution < -0.4 is 5.32 Å². The van der Waals surface area contributed by atoms with E-state index in [0.29, 0.717) is 23.4 Å². The molecule has 1 amide bonds. The molecule has 21 heavy (non-hydrogen) atoms. The highest BCUT2D eigenvalue weighted by atomic mass is 16.4. The van der Waals surface area contributed by atoms with Crippen molar-refractivity contribution in [2.24, 2.45) is 5.16 Å². The number of benzene rings is 2. The minimum Gasteiger partial charge on any atom is -0.411 e. The molecule has 0 unspecified atom stereocenters. The zero-order valence-corrected chi connectivity index (χ0v) is 12.1. The summed E-state index contributed by atoms with van der Waals surface area (Å²) in [6.07, 6.45) is 0.309. The fourth-order valence-corrected chi connectivity index (χ4v) is 2.05. The minimum atomic E-state index is -0.1000. The number of hydrogen-bond donors (Lipinski definition) is 2. The molecule has 0 atom stereocenters. The highest BCUT2D eigenvalue weighted by Gasteiger charge is 2.09. The highest BCUT2D eigenvalue weighted by Crippen LogP contribution is 2.16. The van der Waals surface area contributed by atoms with Crippen molar-refractivity contribution in [1.82, 2.24) is 0 Å². The normalized spacial score (nSPS) is 11.2. The summed E-state index contributed by atoms with van der Waals surface area (Å²) in [5.41, 5.74) is 3.94. The number of hydrogen-bond acceptors (Lipinski definition) is 3. The summed E-state index contributed by atoms with van der Waals surface area (Å²) in [4.78, 5) is 12.1. The fraction of sp³-hybridized carbons (Fsp3) is 0.176. The van der Waals surface area contributed by atoms with Crippen LogP contribution in [0.15, 0.2) is 53.7 Å². The summed E-state index contributed by atoms with van der Waals surface area (Å²) in [6.45, 7) is 3.70. The zero-order valence-electron chi connectivity index (χ0n) is 12.1. The van der Waals surface area contributed by atoms with E-state index in [1.165, 1.54) is 5.56 Å². The van der Waals surface area contributed by atoms with Gasteiger partial charge < -0.3 is 10.5 Å². The molecule has 0 aliphatic heterocycles. The van der Waals surface area contributed by atoms with E-state index in [-0.39, 0.29) is 5.91 Å². The Kier molecular flexibility index (Phi) is 4.72. The standard InChI is InChI=1S/C17H18N2O2/c1-12-7-9-14(10-8-12)11-17(20)18-16-6-4-3-5-15(16)13(2)19-21/h3-10,21H,11H2,1-2H3,(H,18,20)/b19-13+. The first-order chi connectivity index (χ1) is 10.1. The van der Waals surface area contributed by atoms with Gasteiger partial charge in [-0.25, -0.2) is 0 Å². The fourth-order valence-electron chi connectivity index (χ4n) is 2.05. The van der Waals surface area contributed by atoms with Crippen LogP contribution in [0.2, 0.25) is 0 Å². The van der Waals surface area contributed by atoms with Crippen molar-refractivity contribution in [1.29, 1.82) is 0 Å². The molecule has 0 saturated heterocycles. The SMILES string of the molecule is C/C(=N\O)c1ccccc1NC(=O)Cc1ccc(C)cc1. The summed E-state index contributed by atoms with van der Waals surface area (Å²) >= 11 is 0. The number of carbonyl (C=O) groups is 1. The maximum absolute atomic E-state index is 12.1. The number of rotatable bonds is 4. The Labute approximate surface area is 124 Å². The molecule has 0 saturated carbocycles. The molecule has 0 spiro atoms. The van der Waals surface area contributed by atoms with Crippen LogP contribution in [0.1, 0.15) is 23.6 Å². The van der Waals surface area contributed by atoms with Gasteiger partial charge in [-0.3, -0.25) is 4.79 Å². The molecule has 4 nitrogen and oxygen atoms in total. The van der Waals surface area contributed by atoms with E-state index >= 15 is 0 Å². The lowest BCUT2D eigenvalue weighted by atomic mass is 10.1. The van der Waals surface area contributed by atoms with Crippen LogP contribution in [0.3, 0.4) is 0 Å². The van der Waals surface area contributed by atoms with Gasteiger partial charge in [0.2, 0.25) is 5.91 Å². The van der Waals surface area contributed by atoms with Gasteiger partial charge in [-0.1, -0.05) is 53.2 Å². The summed E-state index contributed by atoms with van der Waals surface area (Å²) in [5, 5.41) is 14.9. The van der Waals surface area contributed by atoms with Crippen molar-refractivity contribution in [3.8, 4) is 0 Å². The van der Waals surface area contributed by atoms with Crippen LogP contribution in [-0.4, -0.2) is 16.8 Å². The van der Waals surface area contributed by atoms with Crippen LogP contribution >= 0.6 is 0 Å². The second-order valence-corrected chi connectivity index (χ2v) is 4.94. The molecular weight excluding hydrogens is 264 g/mol. The van der Waals surface area contributed by atoms with E-state index in [4.69, 9.17) is 5.21 Å². The van der Waals surface area contributed by atoms with Crippen molar-refractivity contribution < 1.29 is 10.0 Å². The Morgan fingerprint density at radius 2 is 1.81 bits per heavy atom. The van der Waals surface area contributed by atoms with Gasteiger partial charge in [-0.05, 0) is 25.5 Å². The lowest BCUT2D eigenvalue weighted by Crippen LogP contribution is -2.16. The zero-order chi connectivity index (χ0) is 15.2. The number of carbonyl (C=O) groups excluding carboxylic acids is 1. The second-order valence-electron chi connectivity index (χ2n) is 4.94. The Balaban J connectivity index is 2.11. The van der Waals surface area contributed by atoms with Crippen molar-refractivity contribution in [2.45, 2.75) is 20.3 Å². The monoisotopic (exact) mass is 282 g/mol. The summed E-state index contributed by atoms with van der Waals surface area (Å²) in [5.74, 6) is -0.1000. The summed E-state index contributed by atoms with van der Waals surface area (Å²) in [7, 11) is 0. The van der Waals surface area contributed by atoms with Gasteiger partial charge in [0, 0.05) is 11.3 Å². The highest BCUT2D eigenvalue weighted by molar-refractivity contribution is 6.06. The quantitative estimate of drug-likeness (QED) is 0.513. The van der Waals surface area contributed by atoms with Gasteiger partial charge in [-0.2, -0.15) is 0 Å². The molecular formula is C17H18N2O2. The number of para-hydroxylation sites is 1.